The van der Waals surface area contributed by atoms with Gasteiger partial charge in [-0.05, 0) is 43.9 Å². The van der Waals surface area contributed by atoms with E-state index in [1.807, 2.05) is 12.1 Å². The minimum atomic E-state index is -0.384. The molecule has 0 aromatic heterocycles. The molecule has 1 aromatic rings. The zero-order valence-corrected chi connectivity index (χ0v) is 15.0. The van der Waals surface area contributed by atoms with E-state index in [0.29, 0.717) is 13.1 Å². The van der Waals surface area contributed by atoms with E-state index < -0.39 is 0 Å². The molecule has 1 fully saturated rings. The van der Waals surface area contributed by atoms with Gasteiger partial charge in [0.25, 0.3) is 0 Å². The molecule has 1 saturated heterocycles. The molecule has 0 aliphatic carbocycles. The molecule has 6 heteroatoms. The summed E-state index contributed by atoms with van der Waals surface area (Å²) < 4.78 is 5.61. The van der Waals surface area contributed by atoms with Crippen molar-refractivity contribution < 1.29 is 14.3 Å². The lowest BCUT2D eigenvalue weighted by molar-refractivity contribution is -0.134. The van der Waals surface area contributed by atoms with Crippen LogP contribution in [0.4, 0.5) is 0 Å². The van der Waals surface area contributed by atoms with Crippen molar-refractivity contribution in [3.8, 4) is 5.75 Å². The summed E-state index contributed by atoms with van der Waals surface area (Å²) in [6, 6.07) is 5.92. The SMILES string of the molecule is CC(C)N1CCNC(=O)[C@H]1CC(=O)NCc1ccc2c(c1)CCCO2. The molecule has 0 unspecified atom stereocenters. The minimum Gasteiger partial charge on any atom is -0.493 e. The highest BCUT2D eigenvalue weighted by Crippen LogP contribution is 2.25. The van der Waals surface area contributed by atoms with Crippen LogP contribution in [0.15, 0.2) is 18.2 Å². The molecule has 1 aromatic carbocycles. The van der Waals surface area contributed by atoms with E-state index in [1.54, 1.807) is 0 Å². The maximum Gasteiger partial charge on any atom is 0.237 e. The Labute approximate surface area is 148 Å². The monoisotopic (exact) mass is 345 g/mol. The summed E-state index contributed by atoms with van der Waals surface area (Å²) in [4.78, 5) is 26.6. The molecule has 3 rings (SSSR count). The molecule has 0 saturated carbocycles. The van der Waals surface area contributed by atoms with Crippen molar-refractivity contribution in [2.24, 2.45) is 0 Å². The summed E-state index contributed by atoms with van der Waals surface area (Å²) in [5, 5.41) is 5.80. The van der Waals surface area contributed by atoms with Gasteiger partial charge in [-0.25, -0.2) is 0 Å². The second-order valence-corrected chi connectivity index (χ2v) is 7.01. The van der Waals surface area contributed by atoms with Gasteiger partial charge in [0, 0.05) is 25.7 Å². The van der Waals surface area contributed by atoms with Gasteiger partial charge in [-0.2, -0.15) is 0 Å². The number of rotatable bonds is 5. The number of amides is 2. The zero-order valence-electron chi connectivity index (χ0n) is 15.0. The van der Waals surface area contributed by atoms with Crippen molar-refractivity contribution in [3.63, 3.8) is 0 Å². The third kappa shape index (κ3) is 4.31. The zero-order chi connectivity index (χ0) is 17.8. The third-order valence-corrected chi connectivity index (χ3v) is 4.88. The van der Waals surface area contributed by atoms with Crippen LogP contribution in [0.25, 0.3) is 0 Å². The Hall–Kier alpha value is -2.08. The Balaban J connectivity index is 1.56. The fourth-order valence-electron chi connectivity index (χ4n) is 3.53. The van der Waals surface area contributed by atoms with E-state index in [1.165, 1.54) is 5.56 Å². The predicted molar refractivity (Wildman–Crippen MR) is 95.4 cm³/mol. The molecule has 136 valence electrons. The average molecular weight is 345 g/mol. The number of hydrogen-bond acceptors (Lipinski definition) is 4. The van der Waals surface area contributed by atoms with Crippen molar-refractivity contribution in [1.82, 2.24) is 15.5 Å². The number of ether oxygens (including phenoxy) is 1. The highest BCUT2D eigenvalue weighted by atomic mass is 16.5. The third-order valence-electron chi connectivity index (χ3n) is 4.88. The Kier molecular flexibility index (Phi) is 5.58. The quantitative estimate of drug-likeness (QED) is 0.842. The van der Waals surface area contributed by atoms with Gasteiger partial charge in [0.15, 0.2) is 0 Å². The number of benzene rings is 1. The highest BCUT2D eigenvalue weighted by molar-refractivity contribution is 5.88. The molecule has 0 bridgehead atoms. The summed E-state index contributed by atoms with van der Waals surface area (Å²) in [6.07, 6.45) is 2.24. The maximum absolute atomic E-state index is 12.3. The van der Waals surface area contributed by atoms with E-state index in [-0.39, 0.29) is 30.3 Å². The number of nitrogens with one attached hydrogen (secondary N) is 2. The van der Waals surface area contributed by atoms with Crippen LogP contribution in [0.2, 0.25) is 0 Å². The van der Waals surface area contributed by atoms with Crippen molar-refractivity contribution in [3.05, 3.63) is 29.3 Å². The molecule has 25 heavy (non-hydrogen) atoms. The molecule has 0 radical (unpaired) electrons. The lowest BCUT2D eigenvalue weighted by atomic mass is 10.0. The first-order valence-electron chi connectivity index (χ1n) is 9.09. The van der Waals surface area contributed by atoms with Crippen LogP contribution in [-0.4, -0.2) is 48.5 Å². The van der Waals surface area contributed by atoms with E-state index in [0.717, 1.165) is 37.3 Å². The lowest BCUT2D eigenvalue weighted by Crippen LogP contribution is -2.58. The largest absolute Gasteiger partial charge is 0.493 e. The average Bonchev–Trinajstić information content (AvgIpc) is 2.61. The second kappa shape index (κ2) is 7.87. The van der Waals surface area contributed by atoms with E-state index >= 15 is 0 Å². The first-order chi connectivity index (χ1) is 12.0. The van der Waals surface area contributed by atoms with Gasteiger partial charge in [-0.15, -0.1) is 0 Å². The van der Waals surface area contributed by atoms with Gasteiger partial charge in [0.2, 0.25) is 11.8 Å². The van der Waals surface area contributed by atoms with Crippen molar-refractivity contribution in [2.75, 3.05) is 19.7 Å². The summed E-state index contributed by atoms with van der Waals surface area (Å²) >= 11 is 0. The predicted octanol–water partition coefficient (Wildman–Crippen LogP) is 1.23. The van der Waals surface area contributed by atoms with Gasteiger partial charge >= 0.3 is 0 Å². The molecule has 0 spiro atoms. The van der Waals surface area contributed by atoms with Crippen LogP contribution in [0.5, 0.6) is 5.75 Å². The number of fused-ring (bicyclic) bond motifs is 1. The van der Waals surface area contributed by atoms with Crippen molar-refractivity contribution in [1.29, 1.82) is 0 Å². The molecule has 2 N–H and O–H groups in total. The summed E-state index contributed by atoms with van der Waals surface area (Å²) in [5.74, 6) is 0.801. The number of nitrogens with zero attached hydrogens (tertiary/aromatic N) is 1. The Bertz CT molecular complexity index is 645. The van der Waals surface area contributed by atoms with Crippen LogP contribution >= 0.6 is 0 Å². The highest BCUT2D eigenvalue weighted by Gasteiger charge is 2.32. The summed E-state index contributed by atoms with van der Waals surface area (Å²) in [7, 11) is 0. The molecule has 2 amide bonds. The summed E-state index contributed by atoms with van der Waals surface area (Å²) in [6.45, 7) is 6.79. The van der Waals surface area contributed by atoms with Gasteiger partial charge in [0.1, 0.15) is 5.75 Å². The first-order valence-corrected chi connectivity index (χ1v) is 9.09. The number of aryl methyl sites for hydroxylation is 1. The lowest BCUT2D eigenvalue weighted by Gasteiger charge is -2.37. The van der Waals surface area contributed by atoms with Crippen LogP contribution in [0, 0.1) is 0 Å². The minimum absolute atomic E-state index is 0.0546. The van der Waals surface area contributed by atoms with Crippen LogP contribution in [-0.2, 0) is 22.6 Å². The molecular weight excluding hydrogens is 318 g/mol. The molecule has 2 heterocycles. The fraction of sp³-hybridized carbons (Fsp3) is 0.579. The molecule has 2 aliphatic rings. The van der Waals surface area contributed by atoms with Crippen molar-refractivity contribution in [2.45, 2.75) is 51.7 Å². The van der Waals surface area contributed by atoms with Crippen LogP contribution in [0.1, 0.15) is 37.8 Å². The smallest absolute Gasteiger partial charge is 0.237 e. The Morgan fingerprint density at radius 1 is 1.44 bits per heavy atom. The fourth-order valence-corrected chi connectivity index (χ4v) is 3.53. The normalized spacial score (nSPS) is 20.6. The van der Waals surface area contributed by atoms with Gasteiger partial charge in [0.05, 0.1) is 19.1 Å². The number of carbonyl (C=O) groups is 2. The summed E-state index contributed by atoms with van der Waals surface area (Å²) in [5.41, 5.74) is 2.27. The molecular formula is C19H27N3O3. The Morgan fingerprint density at radius 3 is 3.08 bits per heavy atom. The van der Waals surface area contributed by atoms with E-state index in [4.69, 9.17) is 4.74 Å². The van der Waals surface area contributed by atoms with Crippen LogP contribution in [0.3, 0.4) is 0 Å². The van der Waals surface area contributed by atoms with E-state index in [9.17, 15) is 9.59 Å². The number of piperazine rings is 1. The number of hydrogen-bond donors (Lipinski definition) is 2. The van der Waals surface area contributed by atoms with Gasteiger partial charge in [-0.3, -0.25) is 14.5 Å². The van der Waals surface area contributed by atoms with Gasteiger partial charge in [-0.1, -0.05) is 12.1 Å². The standard InChI is InChI=1S/C19H27N3O3/c1-13(2)22-8-7-20-19(24)16(22)11-18(23)21-12-14-5-6-17-15(10-14)4-3-9-25-17/h5-6,10,13,16H,3-4,7-9,11-12H2,1-2H3,(H,20,24)(H,21,23)/t16-/m1/s1. The maximum atomic E-state index is 12.3. The van der Waals surface area contributed by atoms with Crippen molar-refractivity contribution >= 4 is 11.8 Å². The first kappa shape index (κ1) is 17.7. The van der Waals surface area contributed by atoms with Gasteiger partial charge < -0.3 is 15.4 Å². The van der Waals surface area contributed by atoms with Crippen LogP contribution < -0.4 is 15.4 Å². The molecule has 6 nitrogen and oxygen atoms in total. The number of carbonyl (C=O) groups excluding carboxylic acids is 2. The van der Waals surface area contributed by atoms with E-state index in [2.05, 4.69) is 35.4 Å². The Morgan fingerprint density at radius 2 is 2.28 bits per heavy atom. The second-order valence-electron chi connectivity index (χ2n) is 7.01. The molecule has 2 aliphatic heterocycles. The molecule has 1 atom stereocenters. The topological polar surface area (TPSA) is 70.7 Å².